The molecule has 7 heteroatoms. The molecular weight excluding hydrogens is 518 g/mol. The van der Waals surface area contributed by atoms with Crippen molar-refractivity contribution in [1.29, 1.82) is 0 Å². The van der Waals surface area contributed by atoms with Gasteiger partial charge in [-0.05, 0) is 46.5 Å². The number of hydrogen-bond acceptors (Lipinski definition) is 3. The molecule has 38 heavy (non-hydrogen) atoms. The van der Waals surface area contributed by atoms with Crippen LogP contribution in [-0.4, -0.2) is 29.8 Å². The first kappa shape index (κ1) is 25.8. The van der Waals surface area contributed by atoms with Crippen LogP contribution in [0.1, 0.15) is 28.2 Å². The van der Waals surface area contributed by atoms with Gasteiger partial charge in [-0.1, -0.05) is 90.5 Å². The van der Waals surface area contributed by atoms with E-state index in [0.29, 0.717) is 10.6 Å². The summed E-state index contributed by atoms with van der Waals surface area (Å²) in [4.78, 5) is 11.1. The van der Waals surface area contributed by atoms with E-state index in [2.05, 4.69) is 24.3 Å². The van der Waals surface area contributed by atoms with Crippen molar-refractivity contribution >= 4 is 38.3 Å². The first-order valence-electron chi connectivity index (χ1n) is 12.2. The number of aromatic nitrogens is 1. The Bertz CT molecular complexity index is 1640. The van der Waals surface area contributed by atoms with Gasteiger partial charge in [-0.25, -0.2) is 8.42 Å². The van der Waals surface area contributed by atoms with Gasteiger partial charge in [0.05, 0.1) is 17.1 Å². The summed E-state index contributed by atoms with van der Waals surface area (Å²) in [6.45, 7) is 0.242. The standard InChI is InChI=1S/C31H26ClNO4S/c32-25-13-16-27-28(31(23-7-3-1-4-8-23)24-9-5-2-6-10-24)21-33(29(27)20-25)17-18-38(36,37)26-14-11-22(12-15-26)19-30(34)35/h1-16,20-21,31H,17-19H2,(H,34,35). The normalized spacial score (nSPS) is 11.7. The molecule has 1 aromatic heterocycles. The van der Waals surface area contributed by atoms with Gasteiger partial charge in [0.1, 0.15) is 0 Å². The Balaban J connectivity index is 1.52. The van der Waals surface area contributed by atoms with E-state index < -0.39 is 15.8 Å². The summed E-state index contributed by atoms with van der Waals surface area (Å²) in [5.74, 6) is -1.11. The molecule has 0 saturated carbocycles. The van der Waals surface area contributed by atoms with Gasteiger partial charge in [0.2, 0.25) is 0 Å². The lowest BCUT2D eigenvalue weighted by Crippen LogP contribution is -2.13. The van der Waals surface area contributed by atoms with Crippen molar-refractivity contribution in [2.45, 2.75) is 23.8 Å². The van der Waals surface area contributed by atoms with Crippen LogP contribution in [0.25, 0.3) is 10.9 Å². The van der Waals surface area contributed by atoms with E-state index in [1.807, 2.05) is 65.4 Å². The minimum absolute atomic E-state index is 0.0410. The zero-order chi connectivity index (χ0) is 26.7. The van der Waals surface area contributed by atoms with E-state index in [0.717, 1.165) is 27.6 Å². The van der Waals surface area contributed by atoms with E-state index in [1.54, 1.807) is 12.1 Å². The highest BCUT2D eigenvalue weighted by Crippen LogP contribution is 2.38. The van der Waals surface area contributed by atoms with Crippen molar-refractivity contribution < 1.29 is 18.3 Å². The van der Waals surface area contributed by atoms with Crippen molar-refractivity contribution in [2.24, 2.45) is 0 Å². The van der Waals surface area contributed by atoms with Crippen LogP contribution in [0.2, 0.25) is 5.02 Å². The molecule has 192 valence electrons. The van der Waals surface area contributed by atoms with Crippen LogP contribution in [0, 0.1) is 0 Å². The quantitative estimate of drug-likeness (QED) is 0.228. The van der Waals surface area contributed by atoms with Gasteiger partial charge in [0, 0.05) is 34.6 Å². The molecule has 5 nitrogen and oxygen atoms in total. The average Bonchev–Trinajstić information content (AvgIpc) is 3.26. The third-order valence-corrected chi connectivity index (χ3v) is 8.64. The fourth-order valence-electron chi connectivity index (χ4n) is 4.88. The largest absolute Gasteiger partial charge is 0.481 e. The molecule has 0 aliphatic heterocycles. The third kappa shape index (κ3) is 5.52. The molecular formula is C31H26ClNO4S. The minimum atomic E-state index is -3.60. The maximum Gasteiger partial charge on any atom is 0.307 e. The van der Waals surface area contributed by atoms with Crippen LogP contribution < -0.4 is 0 Å². The summed E-state index contributed by atoms with van der Waals surface area (Å²) in [7, 11) is -3.60. The molecule has 0 amide bonds. The molecule has 0 spiro atoms. The number of rotatable bonds is 9. The number of hydrogen-bond donors (Lipinski definition) is 1. The Morgan fingerprint density at radius 2 is 1.45 bits per heavy atom. The summed E-state index contributed by atoms with van der Waals surface area (Å²) < 4.78 is 28.3. The highest BCUT2D eigenvalue weighted by atomic mass is 35.5. The van der Waals surface area contributed by atoms with Crippen LogP contribution in [-0.2, 0) is 27.6 Å². The zero-order valence-corrected chi connectivity index (χ0v) is 22.1. The molecule has 0 aliphatic rings. The second kappa shape index (κ2) is 10.9. The second-order valence-corrected chi connectivity index (χ2v) is 11.8. The zero-order valence-electron chi connectivity index (χ0n) is 20.5. The molecule has 5 rings (SSSR count). The first-order chi connectivity index (χ1) is 18.3. The third-order valence-electron chi connectivity index (χ3n) is 6.69. The number of carboxylic acid groups (broad SMARTS) is 1. The van der Waals surface area contributed by atoms with Crippen LogP contribution in [0.15, 0.2) is 114 Å². The molecule has 0 saturated heterocycles. The van der Waals surface area contributed by atoms with Gasteiger partial charge in [-0.15, -0.1) is 0 Å². The van der Waals surface area contributed by atoms with Crippen molar-refractivity contribution in [3.63, 3.8) is 0 Å². The lowest BCUT2D eigenvalue weighted by molar-refractivity contribution is -0.136. The van der Waals surface area contributed by atoms with Gasteiger partial charge < -0.3 is 9.67 Å². The number of carboxylic acids is 1. The highest BCUT2D eigenvalue weighted by Gasteiger charge is 2.23. The Morgan fingerprint density at radius 3 is 2.03 bits per heavy atom. The number of benzene rings is 4. The lowest BCUT2D eigenvalue weighted by atomic mass is 9.85. The number of sulfone groups is 1. The summed E-state index contributed by atoms with van der Waals surface area (Å²) in [6.07, 6.45) is 1.89. The number of aryl methyl sites for hydroxylation is 1. The van der Waals surface area contributed by atoms with Gasteiger partial charge in [0.25, 0.3) is 0 Å². The Hall–Kier alpha value is -3.87. The molecule has 1 N–H and O–H groups in total. The summed E-state index contributed by atoms with van der Waals surface area (Å²) >= 11 is 6.38. The molecule has 0 radical (unpaired) electrons. The molecule has 0 unspecified atom stereocenters. The number of halogens is 1. The summed E-state index contributed by atoms with van der Waals surface area (Å²) in [5.41, 5.74) is 4.78. The van der Waals surface area contributed by atoms with Crippen molar-refractivity contribution in [2.75, 3.05) is 5.75 Å². The van der Waals surface area contributed by atoms with Gasteiger partial charge in [-0.3, -0.25) is 4.79 Å². The summed E-state index contributed by atoms with van der Waals surface area (Å²) in [6, 6.07) is 32.3. The Labute approximate surface area is 226 Å². The molecule has 0 fully saturated rings. The highest BCUT2D eigenvalue weighted by molar-refractivity contribution is 7.91. The lowest BCUT2D eigenvalue weighted by Gasteiger charge is -2.18. The maximum absolute atomic E-state index is 13.2. The second-order valence-electron chi connectivity index (χ2n) is 9.23. The monoisotopic (exact) mass is 543 g/mol. The molecule has 0 bridgehead atoms. The summed E-state index contributed by atoms with van der Waals surface area (Å²) in [5, 5.41) is 10.6. The van der Waals surface area contributed by atoms with Crippen LogP contribution >= 0.6 is 11.6 Å². The number of aliphatic carboxylic acids is 1. The predicted molar refractivity (Wildman–Crippen MR) is 151 cm³/mol. The minimum Gasteiger partial charge on any atom is -0.481 e. The first-order valence-corrected chi connectivity index (χ1v) is 14.3. The van der Waals surface area contributed by atoms with E-state index in [4.69, 9.17) is 16.7 Å². The molecule has 0 aliphatic carbocycles. The molecule has 1 heterocycles. The topological polar surface area (TPSA) is 76.4 Å². The Kier molecular flexibility index (Phi) is 7.36. The van der Waals surface area contributed by atoms with Crippen LogP contribution in [0.5, 0.6) is 0 Å². The van der Waals surface area contributed by atoms with Gasteiger partial charge in [0.15, 0.2) is 9.84 Å². The SMILES string of the molecule is O=C(O)Cc1ccc(S(=O)(=O)CCn2cc(C(c3ccccc3)c3ccccc3)c3ccc(Cl)cc32)cc1. The number of carbonyl (C=O) groups is 1. The molecule has 5 aromatic rings. The number of fused-ring (bicyclic) bond motifs is 1. The van der Waals surface area contributed by atoms with E-state index in [9.17, 15) is 13.2 Å². The fourth-order valence-corrected chi connectivity index (χ4v) is 6.27. The van der Waals surface area contributed by atoms with Gasteiger partial charge in [-0.2, -0.15) is 0 Å². The van der Waals surface area contributed by atoms with Gasteiger partial charge >= 0.3 is 5.97 Å². The fraction of sp³-hybridized carbons (Fsp3) is 0.129. The van der Waals surface area contributed by atoms with Crippen LogP contribution in [0.3, 0.4) is 0 Å². The molecule has 4 aromatic carbocycles. The van der Waals surface area contributed by atoms with E-state index in [1.165, 1.54) is 12.1 Å². The van der Waals surface area contributed by atoms with Crippen molar-refractivity contribution in [1.82, 2.24) is 4.57 Å². The van der Waals surface area contributed by atoms with E-state index >= 15 is 0 Å². The molecule has 0 atom stereocenters. The van der Waals surface area contributed by atoms with E-state index in [-0.39, 0.29) is 29.5 Å². The van der Waals surface area contributed by atoms with Crippen molar-refractivity contribution in [3.8, 4) is 0 Å². The van der Waals surface area contributed by atoms with Crippen molar-refractivity contribution in [3.05, 3.63) is 137 Å². The number of nitrogens with zero attached hydrogens (tertiary/aromatic N) is 1. The smallest absolute Gasteiger partial charge is 0.307 e. The Morgan fingerprint density at radius 1 is 0.842 bits per heavy atom. The van der Waals surface area contributed by atoms with Crippen LogP contribution in [0.4, 0.5) is 0 Å². The average molecular weight is 544 g/mol. The maximum atomic E-state index is 13.2. The predicted octanol–water partition coefficient (Wildman–Crippen LogP) is 6.58.